The number of hydrogen-bond donors (Lipinski definition) is 2. The van der Waals surface area contributed by atoms with Crippen LogP contribution < -0.4 is 11.5 Å². The van der Waals surface area contributed by atoms with Gasteiger partial charge in [0.1, 0.15) is 11.6 Å². The van der Waals surface area contributed by atoms with E-state index in [4.69, 9.17) is 11.5 Å². The number of nitrogens with two attached hydrogens (primary N) is 2. The van der Waals surface area contributed by atoms with Crippen LogP contribution in [0.15, 0.2) is 48.8 Å². The zero-order valence-corrected chi connectivity index (χ0v) is 17.2. The van der Waals surface area contributed by atoms with Gasteiger partial charge in [0.25, 0.3) is 0 Å². The Morgan fingerprint density at radius 1 is 0.969 bits per heavy atom. The molecule has 0 aliphatic carbocycles. The lowest BCUT2D eigenvalue weighted by molar-refractivity contribution is -0.137. The molecule has 9 heteroatoms. The van der Waals surface area contributed by atoms with Gasteiger partial charge in [-0.05, 0) is 55.3 Å². The molecule has 1 aliphatic heterocycles. The van der Waals surface area contributed by atoms with E-state index in [-0.39, 0.29) is 24.0 Å². The van der Waals surface area contributed by atoms with Gasteiger partial charge < -0.3 is 11.5 Å². The van der Waals surface area contributed by atoms with E-state index in [1.807, 2.05) is 0 Å². The van der Waals surface area contributed by atoms with Crippen LogP contribution in [0.5, 0.6) is 0 Å². The molecule has 0 amide bonds. The largest absolute Gasteiger partial charge is 0.416 e. The van der Waals surface area contributed by atoms with Gasteiger partial charge >= 0.3 is 6.18 Å². The van der Waals surface area contributed by atoms with Crippen LogP contribution >= 0.6 is 0 Å². The van der Waals surface area contributed by atoms with Gasteiger partial charge in [0.15, 0.2) is 0 Å². The van der Waals surface area contributed by atoms with Crippen molar-refractivity contribution in [2.45, 2.75) is 31.6 Å². The molecule has 5 nitrogen and oxygen atoms in total. The van der Waals surface area contributed by atoms with Crippen molar-refractivity contribution >= 4 is 5.82 Å². The fourth-order valence-electron chi connectivity index (χ4n) is 3.90. The minimum absolute atomic E-state index is 0.105. The third kappa shape index (κ3) is 4.89. The van der Waals surface area contributed by atoms with E-state index in [1.165, 1.54) is 24.5 Å². The standard InChI is InChI=1S/C23H23F4N5/c24-20-10-14(21-11-31-22(29)12-30-21)1-3-19(20)18-4-2-16(23(25,26)27)9-15(18)13-32-7-5-17(28)6-8-32/h1-4,9-12,17H,5-8,13,28H2,(H2,29,31). The molecule has 0 unspecified atom stereocenters. The summed E-state index contributed by atoms with van der Waals surface area (Å²) in [6.45, 7) is 1.67. The highest BCUT2D eigenvalue weighted by atomic mass is 19.4. The molecule has 1 aromatic heterocycles. The molecule has 0 bridgehead atoms. The van der Waals surface area contributed by atoms with Crippen molar-refractivity contribution in [1.82, 2.24) is 14.9 Å². The van der Waals surface area contributed by atoms with Crippen molar-refractivity contribution in [1.29, 1.82) is 0 Å². The summed E-state index contributed by atoms with van der Waals surface area (Å²) in [6.07, 6.45) is -0.109. The predicted octanol–water partition coefficient (Wildman–Crippen LogP) is 4.47. The van der Waals surface area contributed by atoms with E-state index >= 15 is 4.39 Å². The first-order valence-corrected chi connectivity index (χ1v) is 10.3. The molecule has 0 radical (unpaired) electrons. The van der Waals surface area contributed by atoms with E-state index in [2.05, 4.69) is 14.9 Å². The maximum absolute atomic E-state index is 15.1. The molecule has 3 aromatic rings. The molecule has 168 valence electrons. The summed E-state index contributed by atoms with van der Waals surface area (Å²) >= 11 is 0. The zero-order chi connectivity index (χ0) is 22.9. The summed E-state index contributed by atoms with van der Waals surface area (Å²) in [6, 6.07) is 8.08. The van der Waals surface area contributed by atoms with Gasteiger partial charge in [0.05, 0.1) is 23.7 Å². The van der Waals surface area contributed by atoms with Gasteiger partial charge in [-0.25, -0.2) is 9.37 Å². The van der Waals surface area contributed by atoms with Gasteiger partial charge in [-0.3, -0.25) is 9.88 Å². The summed E-state index contributed by atoms with van der Waals surface area (Å²) in [4.78, 5) is 10.1. The highest BCUT2D eigenvalue weighted by Gasteiger charge is 2.31. The molecule has 4 rings (SSSR count). The molecule has 2 aromatic carbocycles. The molecule has 0 saturated carbocycles. The van der Waals surface area contributed by atoms with Crippen LogP contribution in [0, 0.1) is 5.82 Å². The summed E-state index contributed by atoms with van der Waals surface area (Å²) in [5.74, 6) is -0.304. The number of hydrogen-bond acceptors (Lipinski definition) is 5. The van der Waals surface area contributed by atoms with Crippen LogP contribution in [0.2, 0.25) is 0 Å². The average molecular weight is 445 g/mol. The fourth-order valence-corrected chi connectivity index (χ4v) is 3.90. The number of rotatable bonds is 4. The Balaban J connectivity index is 1.70. The lowest BCUT2D eigenvalue weighted by atomic mass is 9.94. The van der Waals surface area contributed by atoms with Crippen LogP contribution in [0.25, 0.3) is 22.4 Å². The lowest BCUT2D eigenvalue weighted by Gasteiger charge is -2.31. The van der Waals surface area contributed by atoms with Crippen molar-refractivity contribution in [3.05, 3.63) is 65.7 Å². The number of anilines is 1. The van der Waals surface area contributed by atoms with E-state index in [0.29, 0.717) is 35.5 Å². The van der Waals surface area contributed by atoms with Gasteiger partial charge in [-0.2, -0.15) is 13.2 Å². The van der Waals surface area contributed by atoms with Crippen molar-refractivity contribution in [2.24, 2.45) is 5.73 Å². The monoisotopic (exact) mass is 445 g/mol. The van der Waals surface area contributed by atoms with Crippen LogP contribution in [-0.4, -0.2) is 34.0 Å². The third-order valence-corrected chi connectivity index (χ3v) is 5.69. The highest BCUT2D eigenvalue weighted by Crippen LogP contribution is 2.36. The SMILES string of the molecule is Nc1cnc(-c2ccc(-c3ccc(C(F)(F)F)cc3CN3CCC(N)CC3)c(F)c2)cn1. The van der Waals surface area contributed by atoms with E-state index < -0.39 is 17.6 Å². The second kappa shape index (κ2) is 8.84. The second-order valence-corrected chi connectivity index (χ2v) is 8.00. The Labute approximate surface area is 183 Å². The number of piperidine rings is 1. The molecule has 4 N–H and O–H groups in total. The van der Waals surface area contributed by atoms with E-state index in [1.54, 1.807) is 12.1 Å². The van der Waals surface area contributed by atoms with Gasteiger partial charge in [-0.1, -0.05) is 18.2 Å². The second-order valence-electron chi connectivity index (χ2n) is 8.00. The van der Waals surface area contributed by atoms with Crippen LogP contribution in [0.3, 0.4) is 0 Å². The minimum atomic E-state index is -4.48. The van der Waals surface area contributed by atoms with Crippen LogP contribution in [0.1, 0.15) is 24.0 Å². The maximum Gasteiger partial charge on any atom is 0.416 e. The molecule has 32 heavy (non-hydrogen) atoms. The predicted molar refractivity (Wildman–Crippen MR) is 115 cm³/mol. The number of benzene rings is 2. The number of halogens is 4. The van der Waals surface area contributed by atoms with Crippen molar-refractivity contribution < 1.29 is 17.6 Å². The Kier molecular flexibility index (Phi) is 6.12. The normalized spacial score (nSPS) is 15.8. The number of aromatic nitrogens is 2. The average Bonchev–Trinajstić information content (AvgIpc) is 2.75. The topological polar surface area (TPSA) is 81.1 Å². The molecule has 0 spiro atoms. The molecule has 2 heterocycles. The molecule has 1 aliphatic rings. The molecule has 0 atom stereocenters. The van der Waals surface area contributed by atoms with E-state index in [9.17, 15) is 13.2 Å². The summed E-state index contributed by atoms with van der Waals surface area (Å²) in [7, 11) is 0. The third-order valence-electron chi connectivity index (χ3n) is 5.69. The van der Waals surface area contributed by atoms with Crippen molar-refractivity contribution in [3.8, 4) is 22.4 Å². The van der Waals surface area contributed by atoms with Crippen molar-refractivity contribution in [3.63, 3.8) is 0 Å². The van der Waals surface area contributed by atoms with Crippen LogP contribution in [0.4, 0.5) is 23.4 Å². The van der Waals surface area contributed by atoms with Gasteiger partial charge in [0, 0.05) is 23.7 Å². The highest BCUT2D eigenvalue weighted by molar-refractivity contribution is 5.72. The first kappa shape index (κ1) is 22.2. The summed E-state index contributed by atoms with van der Waals surface area (Å²) < 4.78 is 55.2. The Bertz CT molecular complexity index is 1090. The minimum Gasteiger partial charge on any atom is -0.382 e. The lowest BCUT2D eigenvalue weighted by Crippen LogP contribution is -2.39. The quantitative estimate of drug-likeness (QED) is 0.579. The smallest absolute Gasteiger partial charge is 0.382 e. The number of likely N-dealkylation sites (tertiary alicyclic amines) is 1. The number of nitrogens with zero attached hydrogens (tertiary/aromatic N) is 3. The van der Waals surface area contributed by atoms with Gasteiger partial charge in [-0.15, -0.1) is 0 Å². The molecule has 1 fully saturated rings. The molecular weight excluding hydrogens is 422 g/mol. The first-order valence-electron chi connectivity index (χ1n) is 10.3. The van der Waals surface area contributed by atoms with Crippen LogP contribution in [-0.2, 0) is 12.7 Å². The number of nitrogen functional groups attached to an aromatic ring is 1. The summed E-state index contributed by atoms with van der Waals surface area (Å²) in [5, 5.41) is 0. The fraction of sp³-hybridized carbons (Fsp3) is 0.304. The van der Waals surface area contributed by atoms with E-state index in [0.717, 1.165) is 25.0 Å². The zero-order valence-electron chi connectivity index (χ0n) is 17.2. The van der Waals surface area contributed by atoms with Gasteiger partial charge in [0.2, 0.25) is 0 Å². The molecule has 1 saturated heterocycles. The first-order chi connectivity index (χ1) is 15.2. The molecular formula is C23H23F4N5. The number of alkyl halides is 3. The Hall–Kier alpha value is -3.04. The Morgan fingerprint density at radius 3 is 2.31 bits per heavy atom. The summed E-state index contributed by atoms with van der Waals surface area (Å²) in [5.41, 5.74) is 12.8. The maximum atomic E-state index is 15.1. The Morgan fingerprint density at radius 2 is 1.69 bits per heavy atom. The van der Waals surface area contributed by atoms with Crippen molar-refractivity contribution in [2.75, 3.05) is 18.8 Å².